The maximum absolute atomic E-state index is 12.6. The first kappa shape index (κ1) is 14.7. The molecule has 0 radical (unpaired) electrons. The predicted molar refractivity (Wildman–Crippen MR) is 79.4 cm³/mol. The van der Waals surface area contributed by atoms with Crippen LogP contribution in [0.15, 0.2) is 12.1 Å². The van der Waals surface area contributed by atoms with Crippen molar-refractivity contribution >= 4 is 11.7 Å². The zero-order valence-corrected chi connectivity index (χ0v) is 12.4. The molecule has 1 amide bonds. The van der Waals surface area contributed by atoms with Crippen LogP contribution in [0.3, 0.4) is 0 Å². The number of nitrogens with zero attached hydrogens (tertiary/aromatic N) is 3. The first-order valence-corrected chi connectivity index (χ1v) is 7.02. The number of pyridine rings is 1. The number of amides is 1. The van der Waals surface area contributed by atoms with Crippen molar-refractivity contribution in [1.29, 1.82) is 0 Å². The van der Waals surface area contributed by atoms with Crippen molar-refractivity contribution in [3.05, 3.63) is 23.4 Å². The van der Waals surface area contributed by atoms with Crippen molar-refractivity contribution in [3.63, 3.8) is 0 Å². The molecule has 20 heavy (non-hydrogen) atoms. The van der Waals surface area contributed by atoms with E-state index in [4.69, 9.17) is 5.84 Å². The molecule has 0 bridgehead atoms. The topological polar surface area (TPSA) is 74.5 Å². The molecule has 0 spiro atoms. The summed E-state index contributed by atoms with van der Waals surface area (Å²) in [5.74, 6) is 6.01. The molecule has 0 saturated carbocycles. The van der Waals surface area contributed by atoms with Crippen LogP contribution in [0.5, 0.6) is 0 Å². The lowest BCUT2D eigenvalue weighted by Gasteiger charge is -2.37. The number of carbonyl (C=O) groups is 1. The van der Waals surface area contributed by atoms with Crippen molar-refractivity contribution in [2.24, 2.45) is 5.84 Å². The summed E-state index contributed by atoms with van der Waals surface area (Å²) in [6.07, 6.45) is 0.773. The lowest BCUT2D eigenvalue weighted by molar-refractivity contribution is 0.0572. The lowest BCUT2D eigenvalue weighted by atomic mass is 10.1. The van der Waals surface area contributed by atoms with Crippen molar-refractivity contribution in [1.82, 2.24) is 14.8 Å². The van der Waals surface area contributed by atoms with E-state index in [-0.39, 0.29) is 5.91 Å². The summed E-state index contributed by atoms with van der Waals surface area (Å²) in [7, 11) is 2.09. The van der Waals surface area contributed by atoms with Gasteiger partial charge in [0, 0.05) is 36.9 Å². The molecule has 110 valence electrons. The van der Waals surface area contributed by atoms with Crippen molar-refractivity contribution in [3.8, 4) is 0 Å². The summed E-state index contributed by atoms with van der Waals surface area (Å²) in [5, 5.41) is 0. The number of nitrogens with one attached hydrogen (secondary N) is 1. The van der Waals surface area contributed by atoms with E-state index in [2.05, 4.69) is 29.3 Å². The smallest absolute Gasteiger partial charge is 0.254 e. The maximum atomic E-state index is 12.6. The van der Waals surface area contributed by atoms with E-state index in [9.17, 15) is 4.79 Å². The van der Waals surface area contributed by atoms with Crippen LogP contribution in [-0.4, -0.2) is 53.4 Å². The fraction of sp³-hybridized carbons (Fsp3) is 0.571. The number of rotatable bonds is 3. The average Bonchev–Trinajstić information content (AvgIpc) is 2.48. The molecule has 1 aliphatic heterocycles. The highest BCUT2D eigenvalue weighted by Crippen LogP contribution is 2.15. The number of likely N-dealkylation sites (N-methyl/N-ethyl adjacent to an activating group) is 1. The molecule has 1 unspecified atom stereocenters. The van der Waals surface area contributed by atoms with Gasteiger partial charge in [0.2, 0.25) is 0 Å². The number of aryl methyl sites for hydroxylation is 1. The number of nitrogens with two attached hydrogens (primary N) is 1. The monoisotopic (exact) mass is 277 g/mol. The van der Waals surface area contributed by atoms with E-state index < -0.39 is 0 Å². The molecule has 1 saturated heterocycles. The highest BCUT2D eigenvalue weighted by atomic mass is 16.2. The number of piperazine rings is 1. The molecule has 0 aromatic carbocycles. The summed E-state index contributed by atoms with van der Waals surface area (Å²) in [5.41, 5.74) is 4.05. The van der Waals surface area contributed by atoms with Gasteiger partial charge in [0.15, 0.2) is 0 Å². The van der Waals surface area contributed by atoms with Crippen LogP contribution in [0.2, 0.25) is 0 Å². The first-order chi connectivity index (χ1) is 9.55. The molecule has 2 rings (SSSR count). The summed E-state index contributed by atoms with van der Waals surface area (Å²) >= 11 is 0. The number of aromatic nitrogens is 1. The summed E-state index contributed by atoms with van der Waals surface area (Å²) < 4.78 is 0. The van der Waals surface area contributed by atoms with Crippen LogP contribution in [0.1, 0.15) is 29.9 Å². The number of hydrazine groups is 1. The van der Waals surface area contributed by atoms with Gasteiger partial charge in [0.25, 0.3) is 5.91 Å². The standard InChI is InChI=1S/C14H23N5O/c1-4-12-7-11(8-13(16-12)17-15)14(20)19-6-5-18(3)10(2)9-19/h7-8,10H,4-6,9,15H2,1-3H3,(H,16,17). The number of hydrogen-bond acceptors (Lipinski definition) is 5. The third-order valence-electron chi connectivity index (χ3n) is 3.88. The van der Waals surface area contributed by atoms with Crippen LogP contribution < -0.4 is 11.3 Å². The van der Waals surface area contributed by atoms with Gasteiger partial charge in [-0.25, -0.2) is 10.8 Å². The SMILES string of the molecule is CCc1cc(C(=O)N2CCN(C)C(C)C2)cc(NN)n1. The maximum Gasteiger partial charge on any atom is 0.254 e. The highest BCUT2D eigenvalue weighted by Gasteiger charge is 2.25. The second-order valence-corrected chi connectivity index (χ2v) is 5.31. The second-order valence-electron chi connectivity index (χ2n) is 5.31. The molecule has 1 fully saturated rings. The molecule has 2 heterocycles. The van der Waals surface area contributed by atoms with Crippen LogP contribution in [0.4, 0.5) is 5.82 Å². The molecular weight excluding hydrogens is 254 g/mol. The molecule has 1 aliphatic rings. The van der Waals surface area contributed by atoms with Gasteiger partial charge in [-0.1, -0.05) is 6.92 Å². The van der Waals surface area contributed by atoms with Gasteiger partial charge in [-0.2, -0.15) is 0 Å². The summed E-state index contributed by atoms with van der Waals surface area (Å²) in [6.45, 7) is 6.56. The Bertz CT molecular complexity index is 468. The quantitative estimate of drug-likeness (QED) is 0.628. The van der Waals surface area contributed by atoms with Crippen molar-refractivity contribution in [2.45, 2.75) is 26.3 Å². The third kappa shape index (κ3) is 3.08. The fourth-order valence-corrected chi connectivity index (χ4v) is 2.38. The number of nitrogen functional groups attached to an aromatic ring is 1. The van der Waals surface area contributed by atoms with Crippen LogP contribution >= 0.6 is 0 Å². The Kier molecular flexibility index (Phi) is 4.57. The van der Waals surface area contributed by atoms with Gasteiger partial charge in [0.1, 0.15) is 5.82 Å². The molecule has 1 atom stereocenters. The predicted octanol–water partition coefficient (Wildman–Crippen LogP) is 0.706. The van der Waals surface area contributed by atoms with Gasteiger partial charge in [-0.3, -0.25) is 4.79 Å². The highest BCUT2D eigenvalue weighted by molar-refractivity contribution is 5.95. The molecule has 0 aliphatic carbocycles. The Morgan fingerprint density at radius 2 is 2.25 bits per heavy atom. The number of hydrogen-bond donors (Lipinski definition) is 2. The molecular formula is C14H23N5O. The van der Waals surface area contributed by atoms with Crippen molar-refractivity contribution < 1.29 is 4.79 Å². The van der Waals surface area contributed by atoms with Crippen LogP contribution in [-0.2, 0) is 6.42 Å². The second kappa shape index (κ2) is 6.19. The van der Waals surface area contributed by atoms with Gasteiger partial charge in [-0.15, -0.1) is 0 Å². The van der Waals surface area contributed by atoms with Crippen LogP contribution in [0.25, 0.3) is 0 Å². The zero-order valence-electron chi connectivity index (χ0n) is 12.4. The van der Waals surface area contributed by atoms with E-state index in [0.29, 0.717) is 17.4 Å². The number of anilines is 1. The fourth-order valence-electron chi connectivity index (χ4n) is 2.38. The zero-order chi connectivity index (χ0) is 14.7. The minimum Gasteiger partial charge on any atom is -0.336 e. The molecule has 1 aromatic rings. The van der Waals surface area contributed by atoms with E-state index in [1.54, 1.807) is 6.07 Å². The first-order valence-electron chi connectivity index (χ1n) is 7.02. The Hall–Kier alpha value is -1.66. The average molecular weight is 277 g/mol. The Balaban J connectivity index is 2.20. The van der Waals surface area contributed by atoms with E-state index in [1.807, 2.05) is 17.9 Å². The number of carbonyl (C=O) groups excluding carboxylic acids is 1. The van der Waals surface area contributed by atoms with Gasteiger partial charge in [-0.05, 0) is 32.5 Å². The Morgan fingerprint density at radius 1 is 1.50 bits per heavy atom. The summed E-state index contributed by atoms with van der Waals surface area (Å²) in [6, 6.07) is 3.95. The van der Waals surface area contributed by atoms with E-state index in [1.165, 1.54) is 0 Å². The molecule has 6 nitrogen and oxygen atoms in total. The van der Waals surface area contributed by atoms with E-state index in [0.717, 1.165) is 31.7 Å². The Labute approximate surface area is 119 Å². The van der Waals surface area contributed by atoms with Gasteiger partial charge < -0.3 is 15.2 Å². The van der Waals surface area contributed by atoms with Crippen LogP contribution in [0, 0.1) is 0 Å². The summed E-state index contributed by atoms with van der Waals surface area (Å²) in [4.78, 5) is 21.1. The Morgan fingerprint density at radius 3 is 2.85 bits per heavy atom. The molecule has 3 N–H and O–H groups in total. The molecule has 6 heteroatoms. The molecule has 1 aromatic heterocycles. The van der Waals surface area contributed by atoms with Crippen molar-refractivity contribution in [2.75, 3.05) is 32.1 Å². The van der Waals surface area contributed by atoms with Gasteiger partial charge >= 0.3 is 0 Å². The minimum atomic E-state index is 0.0542. The normalized spacial score (nSPS) is 20.0. The third-order valence-corrected chi connectivity index (χ3v) is 3.88. The minimum absolute atomic E-state index is 0.0542. The largest absolute Gasteiger partial charge is 0.336 e. The lowest BCUT2D eigenvalue weighted by Crippen LogP contribution is -2.52. The van der Waals surface area contributed by atoms with Gasteiger partial charge in [0.05, 0.1) is 0 Å². The van der Waals surface area contributed by atoms with E-state index >= 15 is 0 Å².